The highest BCUT2D eigenvalue weighted by Crippen LogP contribution is 2.22. The van der Waals surface area contributed by atoms with Crippen molar-refractivity contribution in [1.82, 2.24) is 9.97 Å². The van der Waals surface area contributed by atoms with Gasteiger partial charge in [0.25, 0.3) is 0 Å². The summed E-state index contributed by atoms with van der Waals surface area (Å²) >= 11 is 3.38. The van der Waals surface area contributed by atoms with Crippen molar-refractivity contribution < 1.29 is 4.74 Å². The van der Waals surface area contributed by atoms with Crippen molar-refractivity contribution in [2.24, 2.45) is 0 Å². The van der Waals surface area contributed by atoms with Crippen LogP contribution in [-0.2, 0) is 6.42 Å². The van der Waals surface area contributed by atoms with Crippen molar-refractivity contribution in [3.05, 3.63) is 46.3 Å². The molecule has 2 rings (SSSR count). The van der Waals surface area contributed by atoms with Gasteiger partial charge >= 0.3 is 0 Å². The molecule has 1 aromatic carbocycles. The third-order valence-corrected chi connectivity index (χ3v) is 2.81. The molecule has 0 atom stereocenters. The minimum atomic E-state index is 0.575. The zero-order valence-electron chi connectivity index (χ0n) is 10.5. The number of halogens is 1. The van der Waals surface area contributed by atoms with Crippen molar-refractivity contribution in [3.63, 3.8) is 0 Å². The predicted molar refractivity (Wildman–Crippen MR) is 75.0 cm³/mol. The average molecular weight is 307 g/mol. The van der Waals surface area contributed by atoms with Crippen LogP contribution in [0.25, 0.3) is 0 Å². The van der Waals surface area contributed by atoms with E-state index in [2.05, 4.69) is 32.8 Å². The molecule has 0 N–H and O–H groups in total. The van der Waals surface area contributed by atoms with Crippen molar-refractivity contribution in [3.8, 4) is 11.6 Å². The second kappa shape index (κ2) is 5.96. The number of rotatable bonds is 4. The molecule has 18 heavy (non-hydrogen) atoms. The van der Waals surface area contributed by atoms with Gasteiger partial charge in [0.2, 0.25) is 5.88 Å². The number of hydrogen-bond acceptors (Lipinski definition) is 3. The molecule has 0 aliphatic carbocycles. The van der Waals surface area contributed by atoms with Crippen LogP contribution in [0, 0.1) is 6.92 Å². The fraction of sp³-hybridized carbons (Fsp3) is 0.286. The second-order valence-electron chi connectivity index (χ2n) is 4.11. The smallest absolute Gasteiger partial charge is 0.223 e. The number of nitrogens with zero attached hydrogens (tertiary/aromatic N) is 2. The lowest BCUT2D eigenvalue weighted by atomic mass is 10.2. The monoisotopic (exact) mass is 306 g/mol. The molecule has 0 aliphatic rings. The minimum Gasteiger partial charge on any atom is -0.439 e. The van der Waals surface area contributed by atoms with Gasteiger partial charge in [0.05, 0.1) is 0 Å². The lowest BCUT2D eigenvalue weighted by Gasteiger charge is -2.07. The first-order chi connectivity index (χ1) is 8.67. The maximum atomic E-state index is 5.75. The van der Waals surface area contributed by atoms with E-state index in [1.54, 1.807) is 6.07 Å². The SMILES string of the molecule is CCCc1nc(Br)cc(Oc2cccc(C)c2)n1. The number of aryl methyl sites for hydroxylation is 2. The van der Waals surface area contributed by atoms with Gasteiger partial charge < -0.3 is 4.74 Å². The van der Waals surface area contributed by atoms with Crippen LogP contribution in [0.3, 0.4) is 0 Å². The molecule has 0 amide bonds. The molecule has 3 nitrogen and oxygen atoms in total. The summed E-state index contributed by atoms with van der Waals surface area (Å²) in [6.45, 7) is 4.14. The summed E-state index contributed by atoms with van der Waals surface area (Å²) in [6, 6.07) is 9.68. The van der Waals surface area contributed by atoms with Gasteiger partial charge in [0, 0.05) is 12.5 Å². The fourth-order valence-electron chi connectivity index (χ4n) is 1.63. The molecule has 0 aliphatic heterocycles. The standard InChI is InChI=1S/C14H15BrN2O/c1-3-5-13-16-12(15)9-14(17-13)18-11-7-4-6-10(2)8-11/h4,6-9H,3,5H2,1-2H3. The molecular formula is C14H15BrN2O. The molecule has 0 fully saturated rings. The highest BCUT2D eigenvalue weighted by Gasteiger charge is 2.05. The Morgan fingerprint density at radius 2 is 2.06 bits per heavy atom. The first-order valence-electron chi connectivity index (χ1n) is 5.95. The highest BCUT2D eigenvalue weighted by atomic mass is 79.9. The molecule has 1 aromatic heterocycles. The van der Waals surface area contributed by atoms with Crippen LogP contribution in [0.15, 0.2) is 34.9 Å². The van der Waals surface area contributed by atoms with E-state index in [4.69, 9.17) is 4.74 Å². The van der Waals surface area contributed by atoms with E-state index < -0.39 is 0 Å². The third kappa shape index (κ3) is 3.53. The van der Waals surface area contributed by atoms with E-state index in [9.17, 15) is 0 Å². The first-order valence-corrected chi connectivity index (χ1v) is 6.74. The molecule has 0 bridgehead atoms. The maximum absolute atomic E-state index is 5.75. The molecule has 1 heterocycles. The van der Waals surface area contributed by atoms with Gasteiger partial charge in [-0.25, -0.2) is 4.98 Å². The molecule has 4 heteroatoms. The minimum absolute atomic E-state index is 0.575. The topological polar surface area (TPSA) is 35.0 Å². The Morgan fingerprint density at radius 3 is 2.78 bits per heavy atom. The van der Waals surface area contributed by atoms with Crippen molar-refractivity contribution >= 4 is 15.9 Å². The zero-order chi connectivity index (χ0) is 13.0. The quantitative estimate of drug-likeness (QED) is 0.790. The molecule has 0 saturated heterocycles. The van der Waals surface area contributed by atoms with Gasteiger partial charge in [-0.15, -0.1) is 0 Å². The highest BCUT2D eigenvalue weighted by molar-refractivity contribution is 9.10. The Balaban J connectivity index is 2.23. The van der Waals surface area contributed by atoms with Crippen LogP contribution in [-0.4, -0.2) is 9.97 Å². The predicted octanol–water partition coefficient (Wildman–Crippen LogP) is 4.29. The summed E-state index contributed by atoms with van der Waals surface area (Å²) in [6.07, 6.45) is 1.87. The van der Waals surface area contributed by atoms with E-state index in [1.165, 1.54) is 0 Å². The van der Waals surface area contributed by atoms with E-state index >= 15 is 0 Å². The van der Waals surface area contributed by atoms with Crippen molar-refractivity contribution in [1.29, 1.82) is 0 Å². The fourth-order valence-corrected chi connectivity index (χ4v) is 2.03. The number of ether oxygens (including phenoxy) is 1. The summed E-state index contributed by atoms with van der Waals surface area (Å²) < 4.78 is 6.50. The maximum Gasteiger partial charge on any atom is 0.223 e. The average Bonchev–Trinajstić information content (AvgIpc) is 2.28. The van der Waals surface area contributed by atoms with Crippen LogP contribution >= 0.6 is 15.9 Å². The summed E-state index contributed by atoms with van der Waals surface area (Å²) in [5, 5.41) is 0. The van der Waals surface area contributed by atoms with Gasteiger partial charge in [-0.2, -0.15) is 4.98 Å². The summed E-state index contributed by atoms with van der Waals surface area (Å²) in [7, 11) is 0. The van der Waals surface area contributed by atoms with Gasteiger partial charge in [0.15, 0.2) is 0 Å². The van der Waals surface area contributed by atoms with Gasteiger partial charge in [0.1, 0.15) is 16.2 Å². The molecule has 94 valence electrons. The largest absolute Gasteiger partial charge is 0.439 e. The van der Waals surface area contributed by atoms with Crippen molar-refractivity contribution in [2.45, 2.75) is 26.7 Å². The number of hydrogen-bond donors (Lipinski definition) is 0. The van der Waals surface area contributed by atoms with Gasteiger partial charge in [-0.1, -0.05) is 19.1 Å². The summed E-state index contributed by atoms with van der Waals surface area (Å²) in [5.74, 6) is 2.17. The van der Waals surface area contributed by atoms with Crippen LogP contribution < -0.4 is 4.74 Å². The van der Waals surface area contributed by atoms with E-state index in [-0.39, 0.29) is 0 Å². The van der Waals surface area contributed by atoms with Crippen molar-refractivity contribution in [2.75, 3.05) is 0 Å². The van der Waals surface area contributed by atoms with Crippen LogP contribution in [0.2, 0.25) is 0 Å². The number of aromatic nitrogens is 2. The Bertz CT molecular complexity index is 543. The molecule has 0 radical (unpaired) electrons. The summed E-state index contributed by atoms with van der Waals surface area (Å²) in [5.41, 5.74) is 1.16. The summed E-state index contributed by atoms with van der Waals surface area (Å²) in [4.78, 5) is 8.69. The normalized spacial score (nSPS) is 10.4. The van der Waals surface area contributed by atoms with Crippen LogP contribution in [0.1, 0.15) is 24.7 Å². The van der Waals surface area contributed by atoms with Crippen LogP contribution in [0.5, 0.6) is 11.6 Å². The molecule has 0 saturated carbocycles. The van der Waals surface area contributed by atoms with E-state index in [0.29, 0.717) is 5.88 Å². The van der Waals surface area contributed by atoms with Gasteiger partial charge in [-0.05, 0) is 47.0 Å². The molecule has 0 spiro atoms. The first kappa shape index (κ1) is 13.0. The zero-order valence-corrected chi connectivity index (χ0v) is 12.1. The van der Waals surface area contributed by atoms with Gasteiger partial charge in [-0.3, -0.25) is 0 Å². The Hall–Kier alpha value is -1.42. The Kier molecular flexibility index (Phi) is 4.31. The molecule has 0 unspecified atom stereocenters. The Labute approximate surface area is 115 Å². The van der Waals surface area contributed by atoms with E-state index in [1.807, 2.05) is 31.2 Å². The molecule has 2 aromatic rings. The second-order valence-corrected chi connectivity index (χ2v) is 4.93. The number of benzene rings is 1. The lowest BCUT2D eigenvalue weighted by molar-refractivity contribution is 0.457. The molecular weight excluding hydrogens is 292 g/mol. The third-order valence-electron chi connectivity index (χ3n) is 2.40. The Morgan fingerprint density at radius 1 is 1.22 bits per heavy atom. The lowest BCUT2D eigenvalue weighted by Crippen LogP contribution is -1.97. The van der Waals surface area contributed by atoms with Crippen LogP contribution in [0.4, 0.5) is 0 Å². The van der Waals surface area contributed by atoms with E-state index in [0.717, 1.165) is 34.6 Å².